The van der Waals surface area contributed by atoms with Crippen LogP contribution in [0.3, 0.4) is 0 Å². The first-order valence-corrected chi connectivity index (χ1v) is 9.94. The number of esters is 1. The number of hydrogen-bond acceptors (Lipinski definition) is 5. The number of aryl methyl sites for hydroxylation is 1. The van der Waals surface area contributed by atoms with Gasteiger partial charge in [0.1, 0.15) is 0 Å². The van der Waals surface area contributed by atoms with E-state index in [-0.39, 0.29) is 23.0 Å². The molecule has 0 saturated carbocycles. The summed E-state index contributed by atoms with van der Waals surface area (Å²) in [5.74, 6) is -0.130. The van der Waals surface area contributed by atoms with Crippen LogP contribution in [0.25, 0.3) is 11.0 Å². The molecule has 0 radical (unpaired) electrons. The third-order valence-electron chi connectivity index (χ3n) is 4.68. The summed E-state index contributed by atoms with van der Waals surface area (Å²) in [5.41, 5.74) is 3.07. The largest absolute Gasteiger partial charge is 0.466 e. The predicted molar refractivity (Wildman–Crippen MR) is 102 cm³/mol. The van der Waals surface area contributed by atoms with E-state index in [1.165, 1.54) is 17.3 Å². The second kappa shape index (κ2) is 8.12. The second-order valence-electron chi connectivity index (χ2n) is 6.67. The highest BCUT2D eigenvalue weighted by atomic mass is 32.2. The van der Waals surface area contributed by atoms with E-state index in [0.29, 0.717) is 32.5 Å². The highest BCUT2D eigenvalue weighted by molar-refractivity contribution is 8.00. The molecule has 0 unspecified atom stereocenters. The third-order valence-corrected chi connectivity index (χ3v) is 5.65. The van der Waals surface area contributed by atoms with Gasteiger partial charge >= 0.3 is 5.97 Å². The molecule has 3 rings (SSSR count). The quantitative estimate of drug-likeness (QED) is 0.642. The maximum absolute atomic E-state index is 12.7. The van der Waals surface area contributed by atoms with Crippen molar-refractivity contribution >= 4 is 34.7 Å². The highest BCUT2D eigenvalue weighted by Crippen LogP contribution is 2.27. The van der Waals surface area contributed by atoms with Crippen LogP contribution in [0.15, 0.2) is 23.4 Å². The molecule has 0 aliphatic carbocycles. The fourth-order valence-electron chi connectivity index (χ4n) is 3.23. The molecule has 1 fully saturated rings. The molecule has 1 atom stereocenters. The van der Waals surface area contributed by atoms with Crippen LogP contribution in [0.1, 0.15) is 32.3 Å². The summed E-state index contributed by atoms with van der Waals surface area (Å²) in [6.45, 7) is 7.37. The number of imidazole rings is 1. The lowest BCUT2D eigenvalue weighted by atomic mass is 9.97. The molecular formula is C19H25N3O3S. The van der Waals surface area contributed by atoms with Crippen molar-refractivity contribution < 1.29 is 14.3 Å². The first-order valence-electron chi connectivity index (χ1n) is 9.06. The summed E-state index contributed by atoms with van der Waals surface area (Å²) in [6.07, 6.45) is 1.34. The zero-order chi connectivity index (χ0) is 18.7. The van der Waals surface area contributed by atoms with E-state index in [4.69, 9.17) is 4.74 Å². The van der Waals surface area contributed by atoms with E-state index in [2.05, 4.69) is 16.0 Å². The maximum Gasteiger partial charge on any atom is 0.309 e. The number of ether oxygens (including phenoxy) is 1. The van der Waals surface area contributed by atoms with Gasteiger partial charge in [0.25, 0.3) is 0 Å². The smallest absolute Gasteiger partial charge is 0.309 e. The minimum atomic E-state index is -0.226. The first kappa shape index (κ1) is 18.8. The third kappa shape index (κ3) is 4.20. The number of H-pyrrole nitrogens is 1. The molecule has 1 aliphatic rings. The lowest BCUT2D eigenvalue weighted by Gasteiger charge is -2.32. The Bertz CT molecular complexity index is 796. The van der Waals surface area contributed by atoms with Gasteiger partial charge < -0.3 is 14.6 Å². The molecule has 26 heavy (non-hydrogen) atoms. The monoisotopic (exact) mass is 375 g/mol. The highest BCUT2D eigenvalue weighted by Gasteiger charge is 2.30. The molecule has 1 aliphatic heterocycles. The SMILES string of the molecule is CCOC(=O)C1CCN(C(=O)[C@@H](C)Sc2nc3ccc(C)cc3[nH]2)CC1. The molecule has 1 aromatic carbocycles. The second-order valence-corrected chi connectivity index (χ2v) is 8.00. The normalized spacial score (nSPS) is 16.7. The van der Waals surface area contributed by atoms with E-state index in [9.17, 15) is 9.59 Å². The molecular weight excluding hydrogens is 350 g/mol. The number of carbonyl (C=O) groups is 2. The number of benzene rings is 1. The van der Waals surface area contributed by atoms with Crippen molar-refractivity contribution in [3.63, 3.8) is 0 Å². The van der Waals surface area contributed by atoms with E-state index < -0.39 is 0 Å². The van der Waals surface area contributed by atoms with Crippen LogP contribution in [-0.4, -0.2) is 51.7 Å². The Morgan fingerprint density at radius 2 is 2.12 bits per heavy atom. The number of aromatic amines is 1. The van der Waals surface area contributed by atoms with Gasteiger partial charge in [0.05, 0.1) is 28.8 Å². The molecule has 140 valence electrons. The molecule has 6 nitrogen and oxygen atoms in total. The molecule has 2 heterocycles. The maximum atomic E-state index is 12.7. The van der Waals surface area contributed by atoms with Crippen molar-refractivity contribution in [2.75, 3.05) is 19.7 Å². The van der Waals surface area contributed by atoms with E-state index in [1.54, 1.807) is 0 Å². The van der Waals surface area contributed by atoms with Gasteiger partial charge in [-0.3, -0.25) is 9.59 Å². The van der Waals surface area contributed by atoms with Crippen LogP contribution in [0.2, 0.25) is 0 Å². The van der Waals surface area contributed by atoms with Crippen molar-refractivity contribution in [3.8, 4) is 0 Å². The van der Waals surface area contributed by atoms with Crippen molar-refractivity contribution in [2.45, 2.75) is 44.0 Å². The van der Waals surface area contributed by atoms with E-state index >= 15 is 0 Å². The predicted octanol–water partition coefficient (Wildman–Crippen LogP) is 3.15. The van der Waals surface area contributed by atoms with Gasteiger partial charge in [-0.1, -0.05) is 17.8 Å². The molecule has 1 amide bonds. The number of amides is 1. The van der Waals surface area contributed by atoms with Crippen LogP contribution in [0, 0.1) is 12.8 Å². The van der Waals surface area contributed by atoms with Gasteiger partial charge in [-0.05, 0) is 51.3 Å². The Morgan fingerprint density at radius 3 is 2.81 bits per heavy atom. The molecule has 0 bridgehead atoms. The molecule has 1 N–H and O–H groups in total. The average molecular weight is 375 g/mol. The molecule has 1 aromatic heterocycles. The van der Waals surface area contributed by atoms with Gasteiger partial charge in [0, 0.05) is 13.1 Å². The van der Waals surface area contributed by atoms with Crippen molar-refractivity contribution in [1.29, 1.82) is 0 Å². The number of fused-ring (bicyclic) bond motifs is 1. The van der Waals surface area contributed by atoms with Gasteiger partial charge in [0.2, 0.25) is 5.91 Å². The number of nitrogens with zero attached hydrogens (tertiary/aromatic N) is 2. The summed E-state index contributed by atoms with van der Waals surface area (Å²) in [5, 5.41) is 0.531. The van der Waals surface area contributed by atoms with Gasteiger partial charge in [-0.2, -0.15) is 0 Å². The van der Waals surface area contributed by atoms with E-state index in [1.807, 2.05) is 37.8 Å². The topological polar surface area (TPSA) is 75.3 Å². The standard InChI is InChI=1S/C19H25N3O3S/c1-4-25-18(24)14-7-9-22(10-8-14)17(23)13(3)26-19-20-15-6-5-12(2)11-16(15)21-19/h5-6,11,13-14H,4,7-10H2,1-3H3,(H,20,21)/t13-/m1/s1. The Labute approximate surface area is 157 Å². The Hall–Kier alpha value is -2.02. The number of likely N-dealkylation sites (tertiary alicyclic amines) is 1. The number of thioether (sulfide) groups is 1. The Kier molecular flexibility index (Phi) is 5.86. The lowest BCUT2D eigenvalue weighted by Crippen LogP contribution is -2.43. The fourth-order valence-corrected chi connectivity index (χ4v) is 4.13. The molecule has 2 aromatic rings. The number of rotatable bonds is 5. The van der Waals surface area contributed by atoms with E-state index in [0.717, 1.165) is 16.2 Å². The number of hydrogen-bond donors (Lipinski definition) is 1. The molecule has 1 saturated heterocycles. The lowest BCUT2D eigenvalue weighted by molar-refractivity contribution is -0.151. The van der Waals surface area contributed by atoms with Crippen molar-refractivity contribution in [2.24, 2.45) is 5.92 Å². The van der Waals surface area contributed by atoms with Gasteiger partial charge in [-0.15, -0.1) is 0 Å². The Balaban J connectivity index is 1.57. The summed E-state index contributed by atoms with van der Waals surface area (Å²) >= 11 is 1.44. The summed E-state index contributed by atoms with van der Waals surface area (Å²) in [4.78, 5) is 34.2. The van der Waals surface area contributed by atoms with Gasteiger partial charge in [-0.25, -0.2) is 4.98 Å². The van der Waals surface area contributed by atoms with Crippen LogP contribution in [0.5, 0.6) is 0 Å². The summed E-state index contributed by atoms with van der Waals surface area (Å²) in [7, 11) is 0. The van der Waals surface area contributed by atoms with Gasteiger partial charge in [0.15, 0.2) is 5.16 Å². The van der Waals surface area contributed by atoms with Crippen molar-refractivity contribution in [1.82, 2.24) is 14.9 Å². The summed E-state index contributed by atoms with van der Waals surface area (Å²) < 4.78 is 5.08. The molecule has 7 heteroatoms. The number of piperidine rings is 1. The zero-order valence-corrected chi connectivity index (χ0v) is 16.3. The van der Waals surface area contributed by atoms with Crippen LogP contribution >= 0.6 is 11.8 Å². The number of carbonyl (C=O) groups excluding carboxylic acids is 2. The number of aromatic nitrogens is 2. The minimum absolute atomic E-state index is 0.0828. The molecule has 0 spiro atoms. The summed E-state index contributed by atoms with van der Waals surface area (Å²) in [6, 6.07) is 6.07. The minimum Gasteiger partial charge on any atom is -0.466 e. The van der Waals surface area contributed by atoms with Crippen LogP contribution in [-0.2, 0) is 14.3 Å². The van der Waals surface area contributed by atoms with Crippen LogP contribution < -0.4 is 0 Å². The zero-order valence-electron chi connectivity index (χ0n) is 15.4. The Morgan fingerprint density at radius 1 is 1.38 bits per heavy atom. The number of nitrogens with one attached hydrogen (secondary N) is 1. The fraction of sp³-hybridized carbons (Fsp3) is 0.526. The van der Waals surface area contributed by atoms with Crippen molar-refractivity contribution in [3.05, 3.63) is 23.8 Å². The first-order chi connectivity index (χ1) is 12.5. The van der Waals surface area contributed by atoms with Crippen LogP contribution in [0.4, 0.5) is 0 Å². The average Bonchev–Trinajstić information content (AvgIpc) is 3.02.